The standard InChI is InChI=1S/C9H18N2O2/c1-10-9(12)7-4-3-5-8(7)11-6-13-2/h7-8,11H,3-6H2,1-2H3,(H,10,12)/t7-,8-/m1/s1. The van der Waals surface area contributed by atoms with Crippen LogP contribution >= 0.6 is 0 Å². The number of hydrogen-bond acceptors (Lipinski definition) is 3. The first-order valence-corrected chi connectivity index (χ1v) is 4.73. The van der Waals surface area contributed by atoms with Crippen molar-refractivity contribution < 1.29 is 9.53 Å². The van der Waals surface area contributed by atoms with Gasteiger partial charge in [0.2, 0.25) is 5.91 Å². The fourth-order valence-corrected chi connectivity index (χ4v) is 1.89. The monoisotopic (exact) mass is 186 g/mol. The molecule has 0 spiro atoms. The van der Waals surface area contributed by atoms with Gasteiger partial charge in [0, 0.05) is 20.2 Å². The Balaban J connectivity index is 2.39. The summed E-state index contributed by atoms with van der Waals surface area (Å²) in [5.74, 6) is 0.270. The van der Waals surface area contributed by atoms with E-state index in [0.717, 1.165) is 19.3 Å². The van der Waals surface area contributed by atoms with Crippen molar-refractivity contribution in [2.75, 3.05) is 20.9 Å². The maximum absolute atomic E-state index is 11.4. The summed E-state index contributed by atoms with van der Waals surface area (Å²) in [6.07, 6.45) is 3.18. The van der Waals surface area contributed by atoms with Gasteiger partial charge in [-0.05, 0) is 12.8 Å². The van der Waals surface area contributed by atoms with Crippen LogP contribution in [0, 0.1) is 5.92 Å². The van der Waals surface area contributed by atoms with Crippen LogP contribution in [0.3, 0.4) is 0 Å². The van der Waals surface area contributed by atoms with Crippen molar-refractivity contribution in [3.8, 4) is 0 Å². The van der Waals surface area contributed by atoms with Gasteiger partial charge in [0.05, 0.1) is 12.6 Å². The Morgan fingerprint density at radius 1 is 1.54 bits per heavy atom. The molecule has 0 aromatic rings. The molecule has 1 fully saturated rings. The predicted octanol–water partition coefficient (Wildman–Crippen LogP) is 0.0946. The molecule has 1 aliphatic carbocycles. The van der Waals surface area contributed by atoms with Crippen molar-refractivity contribution in [1.29, 1.82) is 0 Å². The molecule has 13 heavy (non-hydrogen) atoms. The molecular formula is C9H18N2O2. The summed E-state index contributed by atoms with van der Waals surface area (Å²) in [6.45, 7) is 0.526. The highest BCUT2D eigenvalue weighted by Crippen LogP contribution is 2.25. The van der Waals surface area contributed by atoms with Crippen LogP contribution in [0.2, 0.25) is 0 Å². The molecule has 2 atom stereocenters. The quantitative estimate of drug-likeness (QED) is 0.612. The molecule has 76 valence electrons. The molecule has 0 unspecified atom stereocenters. The lowest BCUT2D eigenvalue weighted by molar-refractivity contribution is -0.125. The van der Waals surface area contributed by atoms with E-state index < -0.39 is 0 Å². The van der Waals surface area contributed by atoms with E-state index >= 15 is 0 Å². The Morgan fingerprint density at radius 3 is 2.92 bits per heavy atom. The van der Waals surface area contributed by atoms with Crippen LogP contribution in [0.4, 0.5) is 0 Å². The van der Waals surface area contributed by atoms with E-state index in [2.05, 4.69) is 10.6 Å². The van der Waals surface area contributed by atoms with E-state index in [-0.39, 0.29) is 11.8 Å². The smallest absolute Gasteiger partial charge is 0.224 e. The van der Waals surface area contributed by atoms with E-state index in [1.807, 2.05) is 0 Å². The zero-order valence-electron chi connectivity index (χ0n) is 8.30. The van der Waals surface area contributed by atoms with E-state index in [0.29, 0.717) is 12.8 Å². The fourth-order valence-electron chi connectivity index (χ4n) is 1.89. The lowest BCUT2D eigenvalue weighted by Gasteiger charge is -2.18. The van der Waals surface area contributed by atoms with Gasteiger partial charge in [-0.3, -0.25) is 10.1 Å². The van der Waals surface area contributed by atoms with E-state index in [1.165, 1.54) is 0 Å². The Morgan fingerprint density at radius 2 is 2.31 bits per heavy atom. The number of carbonyl (C=O) groups excluding carboxylic acids is 1. The first-order valence-electron chi connectivity index (χ1n) is 4.73. The second-order valence-corrected chi connectivity index (χ2v) is 3.40. The van der Waals surface area contributed by atoms with Crippen LogP contribution in [0.25, 0.3) is 0 Å². The SMILES string of the molecule is CNC(=O)[C@@H]1CCC[C@H]1NCOC. The van der Waals surface area contributed by atoms with Crippen LogP contribution in [-0.2, 0) is 9.53 Å². The molecule has 1 rings (SSSR count). The number of carbonyl (C=O) groups is 1. The topological polar surface area (TPSA) is 50.4 Å². The number of ether oxygens (including phenoxy) is 1. The lowest BCUT2D eigenvalue weighted by Crippen LogP contribution is -2.41. The van der Waals surface area contributed by atoms with Crippen molar-refractivity contribution in [2.24, 2.45) is 5.92 Å². The number of rotatable bonds is 4. The summed E-state index contributed by atoms with van der Waals surface area (Å²) in [5, 5.41) is 5.91. The molecule has 0 radical (unpaired) electrons. The number of nitrogens with one attached hydrogen (secondary N) is 2. The van der Waals surface area contributed by atoms with Crippen molar-refractivity contribution in [3.63, 3.8) is 0 Å². The molecule has 1 saturated carbocycles. The minimum absolute atomic E-state index is 0.125. The maximum Gasteiger partial charge on any atom is 0.224 e. The molecular weight excluding hydrogens is 168 g/mol. The summed E-state index contributed by atoms with van der Waals surface area (Å²) in [6, 6.07) is 0.292. The van der Waals surface area contributed by atoms with Gasteiger partial charge in [-0.25, -0.2) is 0 Å². The van der Waals surface area contributed by atoms with Gasteiger partial charge in [0.1, 0.15) is 0 Å². The zero-order valence-corrected chi connectivity index (χ0v) is 8.30. The number of hydrogen-bond donors (Lipinski definition) is 2. The second kappa shape index (κ2) is 5.19. The third-order valence-corrected chi connectivity index (χ3v) is 2.59. The molecule has 0 aliphatic heterocycles. The Bertz CT molecular complexity index is 173. The molecule has 1 amide bonds. The Labute approximate surface area is 79.0 Å². The highest BCUT2D eigenvalue weighted by Gasteiger charge is 2.31. The highest BCUT2D eigenvalue weighted by atomic mass is 16.5. The van der Waals surface area contributed by atoms with Crippen LogP contribution in [0.1, 0.15) is 19.3 Å². The molecule has 4 nitrogen and oxygen atoms in total. The molecule has 4 heteroatoms. The third kappa shape index (κ3) is 2.67. The van der Waals surface area contributed by atoms with Crippen LogP contribution in [0.5, 0.6) is 0 Å². The normalized spacial score (nSPS) is 27.5. The highest BCUT2D eigenvalue weighted by molar-refractivity contribution is 5.79. The van der Waals surface area contributed by atoms with Gasteiger partial charge in [0.15, 0.2) is 0 Å². The first-order chi connectivity index (χ1) is 6.29. The molecule has 0 heterocycles. The molecule has 0 saturated heterocycles. The lowest BCUT2D eigenvalue weighted by atomic mass is 10.0. The van der Waals surface area contributed by atoms with Gasteiger partial charge in [-0.1, -0.05) is 6.42 Å². The van der Waals surface area contributed by atoms with E-state index in [1.54, 1.807) is 14.2 Å². The third-order valence-electron chi connectivity index (χ3n) is 2.59. The summed E-state index contributed by atoms with van der Waals surface area (Å²) in [7, 11) is 3.34. The Hall–Kier alpha value is -0.610. The van der Waals surface area contributed by atoms with Gasteiger partial charge >= 0.3 is 0 Å². The molecule has 1 aliphatic rings. The molecule has 2 N–H and O–H groups in total. The number of methoxy groups -OCH3 is 1. The number of amides is 1. The van der Waals surface area contributed by atoms with Crippen molar-refractivity contribution in [3.05, 3.63) is 0 Å². The van der Waals surface area contributed by atoms with Gasteiger partial charge in [-0.2, -0.15) is 0 Å². The predicted molar refractivity (Wildman–Crippen MR) is 50.2 cm³/mol. The second-order valence-electron chi connectivity index (χ2n) is 3.40. The Kier molecular flexibility index (Phi) is 4.18. The zero-order chi connectivity index (χ0) is 9.68. The van der Waals surface area contributed by atoms with Crippen molar-refractivity contribution in [1.82, 2.24) is 10.6 Å². The van der Waals surface area contributed by atoms with Crippen LogP contribution in [0.15, 0.2) is 0 Å². The van der Waals surface area contributed by atoms with Crippen LogP contribution < -0.4 is 10.6 Å². The van der Waals surface area contributed by atoms with E-state index in [4.69, 9.17) is 4.74 Å². The summed E-state index contributed by atoms with van der Waals surface area (Å²) < 4.78 is 4.92. The summed E-state index contributed by atoms with van der Waals surface area (Å²) >= 11 is 0. The van der Waals surface area contributed by atoms with Gasteiger partial charge in [0.25, 0.3) is 0 Å². The van der Waals surface area contributed by atoms with Gasteiger partial charge < -0.3 is 10.1 Å². The van der Waals surface area contributed by atoms with Gasteiger partial charge in [-0.15, -0.1) is 0 Å². The minimum atomic E-state index is 0.125. The van der Waals surface area contributed by atoms with Crippen molar-refractivity contribution in [2.45, 2.75) is 25.3 Å². The fraction of sp³-hybridized carbons (Fsp3) is 0.889. The largest absolute Gasteiger partial charge is 0.370 e. The molecule has 0 bridgehead atoms. The first kappa shape index (κ1) is 10.5. The average molecular weight is 186 g/mol. The summed E-state index contributed by atoms with van der Waals surface area (Å²) in [4.78, 5) is 11.4. The molecule has 0 aromatic heterocycles. The van der Waals surface area contributed by atoms with Crippen LogP contribution in [-0.4, -0.2) is 32.8 Å². The van der Waals surface area contributed by atoms with Crippen molar-refractivity contribution >= 4 is 5.91 Å². The maximum atomic E-state index is 11.4. The molecule has 0 aromatic carbocycles. The van der Waals surface area contributed by atoms with E-state index in [9.17, 15) is 4.79 Å². The summed E-state index contributed by atoms with van der Waals surface area (Å²) in [5.41, 5.74) is 0. The average Bonchev–Trinajstić information content (AvgIpc) is 2.61. The minimum Gasteiger partial charge on any atom is -0.370 e.